The molecule has 1 aromatic carbocycles. The van der Waals surface area contributed by atoms with Crippen LogP contribution in [0.15, 0.2) is 18.2 Å². The second-order valence-corrected chi connectivity index (χ2v) is 4.61. The first-order valence-corrected chi connectivity index (χ1v) is 5.75. The molecule has 0 amide bonds. The van der Waals surface area contributed by atoms with Crippen LogP contribution in [0.2, 0.25) is 0 Å². The van der Waals surface area contributed by atoms with Gasteiger partial charge in [0.05, 0.1) is 0 Å². The van der Waals surface area contributed by atoms with E-state index >= 15 is 0 Å². The van der Waals surface area contributed by atoms with Crippen molar-refractivity contribution in [2.45, 2.75) is 32.2 Å². The molecule has 2 N–H and O–H groups in total. The van der Waals surface area contributed by atoms with Gasteiger partial charge in [-0.15, -0.1) is 0 Å². The molecule has 2 heteroatoms. The molecule has 0 bridgehead atoms. The van der Waals surface area contributed by atoms with Crippen LogP contribution < -0.4 is 5.73 Å². The lowest BCUT2D eigenvalue weighted by atomic mass is 9.94. The maximum atomic E-state index is 5.84. The van der Waals surface area contributed by atoms with Gasteiger partial charge < -0.3 is 5.73 Å². The van der Waals surface area contributed by atoms with Gasteiger partial charge in [0.2, 0.25) is 0 Å². The number of likely N-dealkylation sites (tertiary alicyclic amines) is 1. The number of hydrogen-bond donors (Lipinski definition) is 1. The van der Waals surface area contributed by atoms with E-state index in [9.17, 15) is 0 Å². The number of rotatable bonds is 1. The molecular weight excluding hydrogens is 184 g/mol. The highest BCUT2D eigenvalue weighted by Gasteiger charge is 2.20. The fourth-order valence-corrected chi connectivity index (χ4v) is 2.40. The largest absolute Gasteiger partial charge is 0.399 e. The first kappa shape index (κ1) is 10.5. The number of hydrogen-bond acceptors (Lipinski definition) is 2. The maximum Gasteiger partial charge on any atom is 0.0345 e. The molecule has 0 aliphatic carbocycles. The minimum Gasteiger partial charge on any atom is -0.399 e. The van der Waals surface area contributed by atoms with Crippen molar-refractivity contribution in [1.29, 1.82) is 0 Å². The van der Waals surface area contributed by atoms with E-state index in [0.29, 0.717) is 6.04 Å². The Hall–Kier alpha value is -1.02. The predicted molar refractivity (Wildman–Crippen MR) is 64.8 cm³/mol. The highest BCUT2D eigenvalue weighted by Crippen LogP contribution is 2.30. The Bertz CT molecular complexity index is 346. The Morgan fingerprint density at radius 2 is 2.13 bits per heavy atom. The molecule has 1 saturated heterocycles. The lowest BCUT2D eigenvalue weighted by Gasteiger charge is -2.33. The van der Waals surface area contributed by atoms with Gasteiger partial charge in [-0.2, -0.15) is 0 Å². The van der Waals surface area contributed by atoms with Gasteiger partial charge in [0.25, 0.3) is 0 Å². The highest BCUT2D eigenvalue weighted by atomic mass is 15.1. The summed E-state index contributed by atoms with van der Waals surface area (Å²) in [5.41, 5.74) is 9.36. The molecule has 0 radical (unpaired) electrons. The van der Waals surface area contributed by atoms with E-state index in [1.807, 2.05) is 6.07 Å². The van der Waals surface area contributed by atoms with Gasteiger partial charge in [0.15, 0.2) is 0 Å². The summed E-state index contributed by atoms with van der Waals surface area (Å²) in [5, 5.41) is 0. The van der Waals surface area contributed by atoms with E-state index in [4.69, 9.17) is 5.73 Å². The second kappa shape index (κ2) is 4.23. The maximum absolute atomic E-state index is 5.84. The second-order valence-electron chi connectivity index (χ2n) is 4.61. The average molecular weight is 204 g/mol. The van der Waals surface area contributed by atoms with Crippen LogP contribution in [0.25, 0.3) is 0 Å². The number of nitrogen functional groups attached to an aromatic ring is 1. The summed E-state index contributed by atoms with van der Waals surface area (Å²) in [6.45, 7) is 3.30. The van der Waals surface area contributed by atoms with Gasteiger partial charge in [-0.3, -0.25) is 4.90 Å². The lowest BCUT2D eigenvalue weighted by Crippen LogP contribution is -2.29. The molecule has 0 spiro atoms. The first-order valence-electron chi connectivity index (χ1n) is 5.75. The average Bonchev–Trinajstić information content (AvgIpc) is 2.23. The summed E-state index contributed by atoms with van der Waals surface area (Å²) in [7, 11) is 2.22. The van der Waals surface area contributed by atoms with E-state index in [2.05, 4.69) is 31.0 Å². The zero-order valence-corrected chi connectivity index (χ0v) is 9.66. The Kier molecular flexibility index (Phi) is 2.96. The van der Waals surface area contributed by atoms with Gasteiger partial charge >= 0.3 is 0 Å². The normalized spacial score (nSPS) is 22.9. The summed E-state index contributed by atoms with van der Waals surface area (Å²) in [6, 6.07) is 7.04. The molecule has 1 fully saturated rings. The smallest absolute Gasteiger partial charge is 0.0345 e. The van der Waals surface area contributed by atoms with E-state index in [1.165, 1.54) is 36.9 Å². The number of nitrogens with zero attached hydrogens (tertiary/aromatic N) is 1. The zero-order valence-electron chi connectivity index (χ0n) is 9.66. The minimum atomic E-state index is 0.595. The zero-order chi connectivity index (χ0) is 10.8. The van der Waals surface area contributed by atoms with Gasteiger partial charge in [-0.05, 0) is 50.6 Å². The van der Waals surface area contributed by atoms with Crippen molar-refractivity contribution in [3.63, 3.8) is 0 Å². The van der Waals surface area contributed by atoms with Gasteiger partial charge in [-0.25, -0.2) is 0 Å². The van der Waals surface area contributed by atoms with Crippen molar-refractivity contribution >= 4 is 5.69 Å². The van der Waals surface area contributed by atoms with Crippen LogP contribution in [-0.4, -0.2) is 18.5 Å². The molecule has 2 rings (SSSR count). The Balaban J connectivity index is 2.24. The quantitative estimate of drug-likeness (QED) is 0.713. The van der Waals surface area contributed by atoms with Crippen molar-refractivity contribution in [3.05, 3.63) is 29.3 Å². The van der Waals surface area contributed by atoms with Gasteiger partial charge in [0.1, 0.15) is 0 Å². The summed E-state index contributed by atoms with van der Waals surface area (Å²) >= 11 is 0. The van der Waals surface area contributed by atoms with Crippen LogP contribution in [0.1, 0.15) is 36.4 Å². The van der Waals surface area contributed by atoms with Crippen LogP contribution in [0.4, 0.5) is 5.69 Å². The van der Waals surface area contributed by atoms with Crippen LogP contribution in [0.3, 0.4) is 0 Å². The van der Waals surface area contributed by atoms with E-state index in [1.54, 1.807) is 0 Å². The molecule has 1 aliphatic heterocycles. The van der Waals surface area contributed by atoms with Crippen molar-refractivity contribution in [2.75, 3.05) is 19.3 Å². The summed E-state index contributed by atoms with van der Waals surface area (Å²) in [6.07, 6.45) is 3.96. The molecule has 1 heterocycles. The molecule has 1 aromatic rings. The molecule has 0 saturated carbocycles. The number of nitrogens with two attached hydrogens (primary N) is 1. The van der Waals surface area contributed by atoms with Crippen LogP contribution >= 0.6 is 0 Å². The van der Waals surface area contributed by atoms with E-state index in [-0.39, 0.29) is 0 Å². The fraction of sp³-hybridized carbons (Fsp3) is 0.538. The standard InChI is InChI=1S/C13H20N2/c1-10-9-11(6-7-12(10)14)13-5-3-4-8-15(13)2/h6-7,9,13H,3-5,8,14H2,1-2H3. The molecule has 1 aliphatic rings. The summed E-state index contributed by atoms with van der Waals surface area (Å²) in [4.78, 5) is 2.45. The Morgan fingerprint density at radius 1 is 1.33 bits per heavy atom. The summed E-state index contributed by atoms with van der Waals surface area (Å²) in [5.74, 6) is 0. The third-order valence-corrected chi connectivity index (χ3v) is 3.45. The third-order valence-electron chi connectivity index (χ3n) is 3.45. The molecule has 2 nitrogen and oxygen atoms in total. The number of benzene rings is 1. The van der Waals surface area contributed by atoms with Crippen molar-refractivity contribution in [3.8, 4) is 0 Å². The number of piperidine rings is 1. The van der Waals surface area contributed by atoms with E-state index < -0.39 is 0 Å². The molecule has 1 unspecified atom stereocenters. The molecule has 82 valence electrons. The number of anilines is 1. The molecule has 15 heavy (non-hydrogen) atoms. The van der Waals surface area contributed by atoms with Crippen molar-refractivity contribution in [1.82, 2.24) is 4.90 Å². The topological polar surface area (TPSA) is 29.3 Å². The van der Waals surface area contributed by atoms with Crippen LogP contribution in [-0.2, 0) is 0 Å². The van der Waals surface area contributed by atoms with Gasteiger partial charge in [0, 0.05) is 11.7 Å². The molecule has 0 aromatic heterocycles. The van der Waals surface area contributed by atoms with Crippen molar-refractivity contribution < 1.29 is 0 Å². The third kappa shape index (κ3) is 2.15. The minimum absolute atomic E-state index is 0.595. The fourth-order valence-electron chi connectivity index (χ4n) is 2.40. The Morgan fingerprint density at radius 3 is 2.80 bits per heavy atom. The van der Waals surface area contributed by atoms with Crippen LogP contribution in [0.5, 0.6) is 0 Å². The van der Waals surface area contributed by atoms with Crippen LogP contribution in [0, 0.1) is 6.92 Å². The SMILES string of the molecule is Cc1cc(C2CCCCN2C)ccc1N. The highest BCUT2D eigenvalue weighted by molar-refractivity contribution is 5.48. The number of aryl methyl sites for hydroxylation is 1. The predicted octanol–water partition coefficient (Wildman–Crippen LogP) is 2.73. The van der Waals surface area contributed by atoms with Gasteiger partial charge in [-0.1, -0.05) is 18.6 Å². The lowest BCUT2D eigenvalue weighted by molar-refractivity contribution is 0.187. The Labute approximate surface area is 92.1 Å². The molecule has 1 atom stereocenters. The summed E-state index contributed by atoms with van der Waals surface area (Å²) < 4.78 is 0. The first-order chi connectivity index (χ1) is 7.18. The van der Waals surface area contributed by atoms with Crippen molar-refractivity contribution in [2.24, 2.45) is 0 Å². The van der Waals surface area contributed by atoms with E-state index in [0.717, 1.165) is 5.69 Å². The monoisotopic (exact) mass is 204 g/mol. The molecular formula is C13H20N2.